The van der Waals surface area contributed by atoms with E-state index in [0.29, 0.717) is 25.4 Å². The Morgan fingerprint density at radius 3 is 2.46 bits per heavy atom. The maximum absolute atomic E-state index is 13.3. The van der Waals surface area contributed by atoms with Gasteiger partial charge in [-0.15, -0.1) is 0 Å². The Hall–Kier alpha value is -3.68. The van der Waals surface area contributed by atoms with Crippen LogP contribution in [0.15, 0.2) is 48.7 Å². The second kappa shape index (κ2) is 11.2. The number of nitrogens with zero attached hydrogens (tertiary/aromatic N) is 1. The van der Waals surface area contributed by atoms with Crippen LogP contribution in [0, 0.1) is 5.92 Å². The number of benzene rings is 2. The summed E-state index contributed by atoms with van der Waals surface area (Å²) in [6, 6.07) is 12.5. The Bertz CT molecular complexity index is 1140. The molecule has 3 amide bonds. The van der Waals surface area contributed by atoms with E-state index in [2.05, 4.69) is 10.3 Å². The lowest BCUT2D eigenvalue weighted by atomic mass is 9.90. The van der Waals surface area contributed by atoms with E-state index in [4.69, 9.17) is 15.2 Å². The molecule has 0 saturated carbocycles. The highest BCUT2D eigenvalue weighted by molar-refractivity contribution is 5.89. The molecule has 8 heteroatoms. The zero-order valence-corrected chi connectivity index (χ0v) is 20.4. The number of nitrogens with one attached hydrogen (secondary N) is 2. The average Bonchev–Trinajstić information content (AvgIpc) is 3.29. The van der Waals surface area contributed by atoms with Gasteiger partial charge in [0.1, 0.15) is 17.5 Å². The number of methoxy groups -OCH3 is 2. The Balaban J connectivity index is 1.34. The Morgan fingerprint density at radius 2 is 1.80 bits per heavy atom. The Labute approximate surface area is 205 Å². The fraction of sp³-hybridized carbons (Fsp3) is 0.407. The molecule has 0 radical (unpaired) electrons. The van der Waals surface area contributed by atoms with Gasteiger partial charge in [-0.2, -0.15) is 0 Å². The highest BCUT2D eigenvalue weighted by atomic mass is 16.5. The predicted octanol–water partition coefficient (Wildman–Crippen LogP) is 3.64. The molecule has 1 fully saturated rings. The van der Waals surface area contributed by atoms with Crippen LogP contribution in [-0.2, 0) is 17.6 Å². The summed E-state index contributed by atoms with van der Waals surface area (Å²) in [5.41, 5.74) is 8.58. The molecular formula is C27H34N4O4. The molecule has 1 saturated heterocycles. The van der Waals surface area contributed by atoms with Crippen LogP contribution in [0.25, 0.3) is 10.9 Å². The zero-order valence-electron chi connectivity index (χ0n) is 20.4. The fourth-order valence-corrected chi connectivity index (χ4v) is 4.94. The first-order valence-corrected chi connectivity index (χ1v) is 12.1. The average molecular weight is 479 g/mol. The van der Waals surface area contributed by atoms with Gasteiger partial charge in [0.15, 0.2) is 0 Å². The summed E-state index contributed by atoms with van der Waals surface area (Å²) in [6.45, 7) is 1.35. The molecule has 0 aliphatic carbocycles. The molecule has 0 unspecified atom stereocenters. The maximum Gasteiger partial charge on any atom is 0.312 e. The van der Waals surface area contributed by atoms with Crippen LogP contribution in [0.5, 0.6) is 11.5 Å². The molecule has 1 atom stereocenters. The number of ether oxygens (including phenoxy) is 2. The van der Waals surface area contributed by atoms with E-state index in [1.165, 1.54) is 5.56 Å². The quantitative estimate of drug-likeness (QED) is 0.436. The lowest BCUT2D eigenvalue weighted by Gasteiger charge is -2.34. The third-order valence-corrected chi connectivity index (χ3v) is 6.89. The van der Waals surface area contributed by atoms with Crippen LogP contribution >= 0.6 is 0 Å². The summed E-state index contributed by atoms with van der Waals surface area (Å²) >= 11 is 0. The standard InChI is InChI=1S/C27H34N4O4/c1-34-21-13-19(14-22(16-21)35-2)8-7-18-9-11-31(12-10-18)26(32)25(30-27(28)33)15-20-17-29-24-6-4-3-5-23(20)24/h3-6,13-14,16-18,25,29H,7-12,15H2,1-2H3,(H3,28,30,33)/t25-/m0/s1. The normalized spacial score (nSPS) is 15.1. The predicted molar refractivity (Wildman–Crippen MR) is 136 cm³/mol. The number of piperidine rings is 1. The first-order valence-electron chi connectivity index (χ1n) is 12.1. The molecule has 4 N–H and O–H groups in total. The lowest BCUT2D eigenvalue weighted by Crippen LogP contribution is -2.52. The van der Waals surface area contributed by atoms with E-state index >= 15 is 0 Å². The van der Waals surface area contributed by atoms with E-state index < -0.39 is 12.1 Å². The number of aryl methyl sites for hydroxylation is 1. The van der Waals surface area contributed by atoms with Gasteiger partial charge < -0.3 is 30.4 Å². The first-order chi connectivity index (χ1) is 17.0. The molecule has 2 heterocycles. The number of likely N-dealkylation sites (tertiary alicyclic amines) is 1. The van der Waals surface area contributed by atoms with Crippen molar-refractivity contribution in [1.82, 2.24) is 15.2 Å². The largest absolute Gasteiger partial charge is 0.497 e. The molecule has 4 rings (SSSR count). The molecular weight excluding hydrogens is 444 g/mol. The lowest BCUT2D eigenvalue weighted by molar-refractivity contribution is -0.134. The van der Waals surface area contributed by atoms with E-state index in [1.807, 2.05) is 53.6 Å². The third-order valence-electron chi connectivity index (χ3n) is 6.89. The number of rotatable bonds is 9. The minimum Gasteiger partial charge on any atom is -0.497 e. The number of carbonyl (C=O) groups excluding carboxylic acids is 2. The van der Waals surface area contributed by atoms with Crippen LogP contribution in [0.2, 0.25) is 0 Å². The fourth-order valence-electron chi connectivity index (χ4n) is 4.94. The highest BCUT2D eigenvalue weighted by Crippen LogP contribution is 2.27. The van der Waals surface area contributed by atoms with Gasteiger partial charge in [0, 0.05) is 42.7 Å². The number of aromatic nitrogens is 1. The molecule has 8 nitrogen and oxygen atoms in total. The van der Waals surface area contributed by atoms with Crippen molar-refractivity contribution in [3.63, 3.8) is 0 Å². The van der Waals surface area contributed by atoms with Gasteiger partial charge in [-0.1, -0.05) is 18.2 Å². The summed E-state index contributed by atoms with van der Waals surface area (Å²) in [4.78, 5) is 30.1. The Morgan fingerprint density at radius 1 is 1.11 bits per heavy atom. The van der Waals surface area contributed by atoms with E-state index in [1.54, 1.807) is 14.2 Å². The molecule has 3 aromatic rings. The van der Waals surface area contributed by atoms with Crippen molar-refractivity contribution in [1.29, 1.82) is 0 Å². The van der Waals surface area contributed by atoms with E-state index in [0.717, 1.165) is 53.6 Å². The van der Waals surface area contributed by atoms with Crippen LogP contribution < -0.4 is 20.5 Å². The molecule has 2 aromatic carbocycles. The first kappa shape index (κ1) is 24.4. The van der Waals surface area contributed by atoms with Crippen LogP contribution in [0.1, 0.15) is 30.4 Å². The van der Waals surface area contributed by atoms with Gasteiger partial charge >= 0.3 is 6.03 Å². The number of fused-ring (bicyclic) bond motifs is 1. The smallest absolute Gasteiger partial charge is 0.312 e. The van der Waals surface area contributed by atoms with Gasteiger partial charge in [-0.05, 0) is 60.9 Å². The van der Waals surface area contributed by atoms with Gasteiger partial charge in [-0.25, -0.2) is 4.79 Å². The molecule has 1 aromatic heterocycles. The second-order valence-electron chi connectivity index (χ2n) is 9.15. The van der Waals surface area contributed by atoms with Crippen molar-refractivity contribution < 1.29 is 19.1 Å². The van der Waals surface area contributed by atoms with E-state index in [9.17, 15) is 9.59 Å². The molecule has 0 spiro atoms. The SMILES string of the molecule is COc1cc(CCC2CCN(C(=O)[C@H](Cc3c[nH]c4ccccc34)NC(N)=O)CC2)cc(OC)c1. The van der Waals surface area contributed by atoms with Gasteiger partial charge in [-0.3, -0.25) is 4.79 Å². The summed E-state index contributed by atoms with van der Waals surface area (Å²) in [6.07, 6.45) is 6.12. The number of H-pyrrole nitrogens is 1. The number of hydrogen-bond donors (Lipinski definition) is 3. The van der Waals surface area contributed by atoms with E-state index in [-0.39, 0.29) is 5.91 Å². The van der Waals surface area contributed by atoms with Crippen molar-refractivity contribution in [2.75, 3.05) is 27.3 Å². The van der Waals surface area contributed by atoms with Crippen molar-refractivity contribution in [3.8, 4) is 11.5 Å². The topological polar surface area (TPSA) is 110 Å². The van der Waals surface area contributed by atoms with Crippen molar-refractivity contribution >= 4 is 22.8 Å². The minimum absolute atomic E-state index is 0.0786. The van der Waals surface area contributed by atoms with Gasteiger partial charge in [0.25, 0.3) is 0 Å². The van der Waals surface area contributed by atoms with Crippen LogP contribution in [0.4, 0.5) is 4.79 Å². The molecule has 186 valence electrons. The monoisotopic (exact) mass is 478 g/mol. The number of nitrogens with two attached hydrogens (primary N) is 1. The van der Waals surface area contributed by atoms with Crippen LogP contribution in [0.3, 0.4) is 0 Å². The minimum atomic E-state index is -0.688. The van der Waals surface area contributed by atoms with Crippen LogP contribution in [-0.4, -0.2) is 55.2 Å². The van der Waals surface area contributed by atoms with Crippen molar-refractivity contribution in [2.45, 2.75) is 38.1 Å². The van der Waals surface area contributed by atoms with Crippen molar-refractivity contribution in [3.05, 3.63) is 59.8 Å². The number of aromatic amines is 1. The number of hydrogen-bond acceptors (Lipinski definition) is 4. The zero-order chi connectivity index (χ0) is 24.8. The van der Waals surface area contributed by atoms with Gasteiger partial charge in [0.2, 0.25) is 5.91 Å². The summed E-state index contributed by atoms with van der Waals surface area (Å²) in [7, 11) is 3.31. The van der Waals surface area contributed by atoms with Crippen molar-refractivity contribution in [2.24, 2.45) is 11.7 Å². The second-order valence-corrected chi connectivity index (χ2v) is 9.15. The highest BCUT2D eigenvalue weighted by Gasteiger charge is 2.29. The summed E-state index contributed by atoms with van der Waals surface area (Å²) < 4.78 is 10.8. The maximum atomic E-state index is 13.3. The molecule has 0 bridgehead atoms. The number of para-hydroxylation sites is 1. The summed E-state index contributed by atoms with van der Waals surface area (Å²) in [5.74, 6) is 2.04. The number of carbonyl (C=O) groups is 2. The number of amides is 3. The number of urea groups is 1. The Kier molecular flexibility index (Phi) is 7.80. The molecule has 1 aliphatic rings. The summed E-state index contributed by atoms with van der Waals surface area (Å²) in [5, 5.41) is 3.72. The van der Waals surface area contributed by atoms with Gasteiger partial charge in [0.05, 0.1) is 14.2 Å². The third kappa shape index (κ3) is 6.07. The molecule has 35 heavy (non-hydrogen) atoms. The number of primary amides is 1. The molecule has 1 aliphatic heterocycles.